The van der Waals surface area contributed by atoms with Crippen molar-refractivity contribution in [3.63, 3.8) is 0 Å². The summed E-state index contributed by atoms with van der Waals surface area (Å²) in [4.78, 5) is 10.3. The Kier molecular flexibility index (Phi) is 13.4. The molecule has 0 unspecified atom stereocenters. The molecule has 0 N–H and O–H groups in total. The first-order valence-electron chi connectivity index (χ1n) is 5.67. The molecule has 0 fully saturated rings. The van der Waals surface area contributed by atoms with Crippen LogP contribution >= 0.6 is 23.2 Å². The van der Waals surface area contributed by atoms with E-state index in [9.17, 15) is 4.79 Å². The van der Waals surface area contributed by atoms with Crippen LogP contribution in [0.25, 0.3) is 0 Å². The molecule has 0 rings (SSSR count). The molecule has 96 valence electrons. The van der Waals surface area contributed by atoms with Gasteiger partial charge in [-0.25, -0.2) is 0 Å². The molecule has 0 aromatic carbocycles. The molecule has 0 aliphatic heterocycles. The highest BCUT2D eigenvalue weighted by atomic mass is 35.5. The standard InChI is InChI=1S/C11H20Cl2O3/c12-6-3-1-2-4-7-15-8-5-9-16-10-11(13)14/h1-10H2. The quantitative estimate of drug-likeness (QED) is 0.311. The maximum absolute atomic E-state index is 10.3. The van der Waals surface area contributed by atoms with Gasteiger partial charge in [-0.3, -0.25) is 4.79 Å². The molecule has 0 saturated carbocycles. The van der Waals surface area contributed by atoms with E-state index in [1.165, 1.54) is 12.8 Å². The first-order valence-corrected chi connectivity index (χ1v) is 6.58. The van der Waals surface area contributed by atoms with Crippen molar-refractivity contribution in [3.8, 4) is 0 Å². The molecule has 0 aromatic rings. The zero-order valence-corrected chi connectivity index (χ0v) is 11.1. The zero-order chi connectivity index (χ0) is 12.1. The molecule has 0 aliphatic rings. The normalized spacial score (nSPS) is 10.6. The van der Waals surface area contributed by atoms with Gasteiger partial charge < -0.3 is 9.47 Å². The van der Waals surface area contributed by atoms with Gasteiger partial charge in [-0.15, -0.1) is 11.6 Å². The fourth-order valence-corrected chi connectivity index (χ4v) is 1.44. The number of carbonyl (C=O) groups excluding carboxylic acids is 1. The summed E-state index contributed by atoms with van der Waals surface area (Å²) in [5.74, 6) is 0.748. The Labute approximate surface area is 107 Å². The zero-order valence-electron chi connectivity index (χ0n) is 9.55. The highest BCUT2D eigenvalue weighted by Crippen LogP contribution is 2.01. The lowest BCUT2D eigenvalue weighted by molar-refractivity contribution is -0.116. The minimum Gasteiger partial charge on any atom is -0.381 e. The Morgan fingerprint density at radius 2 is 1.50 bits per heavy atom. The monoisotopic (exact) mass is 270 g/mol. The van der Waals surface area contributed by atoms with E-state index in [-0.39, 0.29) is 6.61 Å². The number of alkyl halides is 1. The molecule has 0 atom stereocenters. The van der Waals surface area contributed by atoms with Crippen molar-refractivity contribution in [1.82, 2.24) is 0 Å². The first kappa shape index (κ1) is 16.2. The third kappa shape index (κ3) is 14.2. The molecule has 0 aromatic heterocycles. The summed E-state index contributed by atoms with van der Waals surface area (Å²) in [5.41, 5.74) is 0. The van der Waals surface area contributed by atoms with Crippen molar-refractivity contribution in [2.24, 2.45) is 0 Å². The van der Waals surface area contributed by atoms with Crippen LogP contribution in [0.2, 0.25) is 0 Å². The summed E-state index contributed by atoms with van der Waals surface area (Å²) in [5, 5.41) is -0.458. The third-order valence-corrected chi connectivity index (χ3v) is 2.34. The molecular formula is C11H20Cl2O3. The fraction of sp³-hybridized carbons (Fsp3) is 0.909. The maximum atomic E-state index is 10.3. The molecular weight excluding hydrogens is 251 g/mol. The summed E-state index contributed by atoms with van der Waals surface area (Å²) in [6.07, 6.45) is 5.31. The van der Waals surface area contributed by atoms with E-state index < -0.39 is 5.24 Å². The fourth-order valence-electron chi connectivity index (χ4n) is 1.17. The number of hydrogen-bond acceptors (Lipinski definition) is 3. The van der Waals surface area contributed by atoms with Crippen LogP contribution in [-0.2, 0) is 14.3 Å². The maximum Gasteiger partial charge on any atom is 0.247 e. The lowest BCUT2D eigenvalue weighted by Crippen LogP contribution is -2.06. The molecule has 0 bridgehead atoms. The molecule has 0 amide bonds. The second-order valence-corrected chi connectivity index (χ2v) is 4.28. The van der Waals surface area contributed by atoms with Crippen LogP contribution in [-0.4, -0.2) is 37.5 Å². The predicted molar refractivity (Wildman–Crippen MR) is 66.3 cm³/mol. The second-order valence-electron chi connectivity index (χ2n) is 3.48. The van der Waals surface area contributed by atoms with Crippen molar-refractivity contribution in [2.75, 3.05) is 32.3 Å². The Bertz CT molecular complexity index is 165. The van der Waals surface area contributed by atoms with E-state index >= 15 is 0 Å². The molecule has 16 heavy (non-hydrogen) atoms. The number of carbonyl (C=O) groups is 1. The summed E-state index contributed by atoms with van der Waals surface area (Å²) in [6.45, 7) is 1.97. The van der Waals surface area contributed by atoms with E-state index in [0.717, 1.165) is 31.7 Å². The summed E-state index contributed by atoms with van der Waals surface area (Å²) >= 11 is 10.7. The Hall–Kier alpha value is 0.170. The van der Waals surface area contributed by atoms with Crippen LogP contribution in [0.1, 0.15) is 32.1 Å². The van der Waals surface area contributed by atoms with Gasteiger partial charge in [-0.2, -0.15) is 0 Å². The van der Waals surface area contributed by atoms with E-state index in [1.807, 2.05) is 0 Å². The van der Waals surface area contributed by atoms with Crippen LogP contribution in [0.4, 0.5) is 0 Å². The molecule has 0 heterocycles. The van der Waals surface area contributed by atoms with Crippen molar-refractivity contribution < 1.29 is 14.3 Å². The summed E-state index contributed by atoms with van der Waals surface area (Å²) in [7, 11) is 0. The van der Waals surface area contributed by atoms with Gasteiger partial charge >= 0.3 is 0 Å². The number of unbranched alkanes of at least 4 members (excludes halogenated alkanes) is 3. The Morgan fingerprint density at radius 3 is 2.19 bits per heavy atom. The average Bonchev–Trinajstić information content (AvgIpc) is 2.25. The van der Waals surface area contributed by atoms with Gasteiger partial charge in [-0.05, 0) is 30.9 Å². The van der Waals surface area contributed by atoms with Gasteiger partial charge in [0.25, 0.3) is 0 Å². The average molecular weight is 271 g/mol. The van der Waals surface area contributed by atoms with Crippen molar-refractivity contribution in [1.29, 1.82) is 0 Å². The van der Waals surface area contributed by atoms with Crippen molar-refractivity contribution in [2.45, 2.75) is 32.1 Å². The van der Waals surface area contributed by atoms with E-state index in [2.05, 4.69) is 0 Å². The number of rotatable bonds is 12. The molecule has 0 spiro atoms. The van der Waals surface area contributed by atoms with E-state index in [0.29, 0.717) is 13.2 Å². The first-order chi connectivity index (χ1) is 7.77. The van der Waals surface area contributed by atoms with Crippen LogP contribution < -0.4 is 0 Å². The molecule has 0 saturated heterocycles. The van der Waals surface area contributed by atoms with Gasteiger partial charge in [0, 0.05) is 25.7 Å². The van der Waals surface area contributed by atoms with Gasteiger partial charge in [0.05, 0.1) is 0 Å². The minimum absolute atomic E-state index is 0.0139. The number of hydrogen-bond donors (Lipinski definition) is 0. The van der Waals surface area contributed by atoms with Gasteiger partial charge in [0.15, 0.2) is 0 Å². The van der Waals surface area contributed by atoms with Crippen molar-refractivity contribution >= 4 is 28.4 Å². The van der Waals surface area contributed by atoms with Crippen LogP contribution in [0.15, 0.2) is 0 Å². The minimum atomic E-state index is -0.458. The topological polar surface area (TPSA) is 35.5 Å². The summed E-state index contributed by atoms with van der Waals surface area (Å²) < 4.78 is 10.4. The second kappa shape index (κ2) is 13.2. The van der Waals surface area contributed by atoms with E-state index in [1.54, 1.807) is 0 Å². The molecule has 5 heteroatoms. The Balaban J connectivity index is 2.90. The SMILES string of the molecule is O=C(Cl)COCCCOCCCCCCCl. The van der Waals surface area contributed by atoms with Crippen molar-refractivity contribution in [3.05, 3.63) is 0 Å². The number of ether oxygens (including phenoxy) is 2. The lowest BCUT2D eigenvalue weighted by atomic mass is 10.2. The lowest BCUT2D eigenvalue weighted by Gasteiger charge is -2.04. The molecule has 0 aliphatic carbocycles. The number of halogens is 2. The van der Waals surface area contributed by atoms with Gasteiger partial charge in [-0.1, -0.05) is 12.8 Å². The van der Waals surface area contributed by atoms with E-state index in [4.69, 9.17) is 32.7 Å². The smallest absolute Gasteiger partial charge is 0.247 e. The molecule has 3 nitrogen and oxygen atoms in total. The van der Waals surface area contributed by atoms with Gasteiger partial charge in [0.1, 0.15) is 6.61 Å². The van der Waals surface area contributed by atoms with Crippen LogP contribution in [0.5, 0.6) is 0 Å². The Morgan fingerprint density at radius 1 is 0.875 bits per heavy atom. The molecule has 0 radical (unpaired) electrons. The van der Waals surface area contributed by atoms with Crippen LogP contribution in [0.3, 0.4) is 0 Å². The van der Waals surface area contributed by atoms with Crippen LogP contribution in [0, 0.1) is 0 Å². The highest BCUT2D eigenvalue weighted by molar-refractivity contribution is 6.63. The summed E-state index contributed by atoms with van der Waals surface area (Å²) in [6, 6.07) is 0. The third-order valence-electron chi connectivity index (χ3n) is 1.97. The van der Waals surface area contributed by atoms with Gasteiger partial charge in [0.2, 0.25) is 5.24 Å². The predicted octanol–water partition coefficient (Wildman–Crippen LogP) is 2.97. The largest absolute Gasteiger partial charge is 0.381 e. The highest BCUT2D eigenvalue weighted by Gasteiger charge is 1.95.